The zero-order chi connectivity index (χ0) is 14.7. The summed E-state index contributed by atoms with van der Waals surface area (Å²) in [7, 11) is 0. The fourth-order valence-corrected chi connectivity index (χ4v) is 3.52. The van der Waals surface area contributed by atoms with Crippen LogP contribution in [0.5, 0.6) is 0 Å². The number of rotatable bonds is 3. The van der Waals surface area contributed by atoms with Gasteiger partial charge >= 0.3 is 0 Å². The van der Waals surface area contributed by atoms with Crippen LogP contribution < -0.4 is 0 Å². The Morgan fingerprint density at radius 1 is 1.29 bits per heavy atom. The van der Waals surface area contributed by atoms with E-state index in [1.807, 2.05) is 4.90 Å². The van der Waals surface area contributed by atoms with Gasteiger partial charge in [-0.05, 0) is 18.4 Å². The average molecular weight is 288 g/mol. The van der Waals surface area contributed by atoms with Crippen molar-refractivity contribution in [1.29, 1.82) is 0 Å². The number of morpholine rings is 1. The summed E-state index contributed by atoms with van der Waals surface area (Å²) in [6.07, 6.45) is 2.33. The van der Waals surface area contributed by atoms with Crippen LogP contribution in [-0.2, 0) is 16.1 Å². The molecule has 2 heterocycles. The lowest BCUT2D eigenvalue weighted by Crippen LogP contribution is -2.52. The zero-order valence-corrected chi connectivity index (χ0v) is 12.7. The Labute approximate surface area is 126 Å². The third-order valence-electron chi connectivity index (χ3n) is 4.56. The van der Waals surface area contributed by atoms with E-state index in [4.69, 9.17) is 4.74 Å². The second kappa shape index (κ2) is 6.58. The van der Waals surface area contributed by atoms with E-state index < -0.39 is 0 Å². The number of carbonyl (C=O) groups excluding carboxylic acids is 1. The molecule has 21 heavy (non-hydrogen) atoms. The molecule has 0 aromatic heterocycles. The summed E-state index contributed by atoms with van der Waals surface area (Å²) in [5.74, 6) is 0.182. The Bertz CT molecular complexity index is 477. The highest BCUT2D eigenvalue weighted by molar-refractivity contribution is 5.74. The molecule has 2 saturated heterocycles. The summed E-state index contributed by atoms with van der Waals surface area (Å²) >= 11 is 0. The van der Waals surface area contributed by atoms with E-state index in [0.29, 0.717) is 0 Å². The Morgan fingerprint density at radius 2 is 2.10 bits per heavy atom. The molecule has 114 valence electrons. The molecule has 2 unspecified atom stereocenters. The second-order valence-electron chi connectivity index (χ2n) is 6.05. The highest BCUT2D eigenvalue weighted by atomic mass is 16.5. The number of likely N-dealkylation sites (tertiary alicyclic amines) is 1. The normalized spacial score (nSPS) is 27.0. The fourth-order valence-electron chi connectivity index (χ4n) is 3.52. The van der Waals surface area contributed by atoms with Crippen LogP contribution in [0, 0.1) is 0 Å². The lowest BCUT2D eigenvalue weighted by molar-refractivity contribution is -0.135. The molecule has 1 aromatic carbocycles. The second-order valence-corrected chi connectivity index (χ2v) is 6.05. The minimum atomic E-state index is 0.161. The van der Waals surface area contributed by atoms with Gasteiger partial charge in [-0.25, -0.2) is 0 Å². The molecule has 1 amide bonds. The first-order valence-electron chi connectivity index (χ1n) is 7.89. The van der Waals surface area contributed by atoms with Gasteiger partial charge in [0.2, 0.25) is 5.91 Å². The Kier molecular flexibility index (Phi) is 4.56. The largest absolute Gasteiger partial charge is 0.373 e. The Balaban J connectivity index is 1.62. The third-order valence-corrected chi connectivity index (χ3v) is 4.56. The maximum atomic E-state index is 11.7. The summed E-state index contributed by atoms with van der Waals surface area (Å²) in [5, 5.41) is 0. The van der Waals surface area contributed by atoms with E-state index in [-0.39, 0.29) is 18.1 Å². The molecule has 0 N–H and O–H groups in total. The summed E-state index contributed by atoms with van der Waals surface area (Å²) in [5.41, 5.74) is 1.34. The number of hydrogen-bond acceptors (Lipinski definition) is 3. The molecule has 1 aromatic rings. The van der Waals surface area contributed by atoms with Gasteiger partial charge in [0.25, 0.3) is 0 Å². The molecular weight excluding hydrogens is 264 g/mol. The van der Waals surface area contributed by atoms with Crippen LogP contribution in [0.2, 0.25) is 0 Å². The van der Waals surface area contributed by atoms with Gasteiger partial charge in [-0.1, -0.05) is 30.3 Å². The van der Waals surface area contributed by atoms with Gasteiger partial charge in [0, 0.05) is 33.1 Å². The van der Waals surface area contributed by atoms with E-state index in [1.54, 1.807) is 6.92 Å². The van der Waals surface area contributed by atoms with E-state index >= 15 is 0 Å². The van der Waals surface area contributed by atoms with Crippen molar-refractivity contribution in [2.24, 2.45) is 0 Å². The van der Waals surface area contributed by atoms with Crippen LogP contribution in [0.4, 0.5) is 0 Å². The molecule has 0 bridgehead atoms. The number of nitrogens with zero attached hydrogens (tertiary/aromatic N) is 2. The number of benzene rings is 1. The maximum absolute atomic E-state index is 11.7. The minimum Gasteiger partial charge on any atom is -0.373 e. The van der Waals surface area contributed by atoms with E-state index in [0.717, 1.165) is 45.6 Å². The van der Waals surface area contributed by atoms with Gasteiger partial charge in [-0.2, -0.15) is 0 Å². The standard InChI is InChI=1S/C17H24N2O2/c1-14(20)19-9-5-8-16(19)17-13-18(10-11-21-17)12-15-6-3-2-4-7-15/h2-4,6-7,16-17H,5,8-13H2,1H3. The molecule has 0 spiro atoms. The van der Waals surface area contributed by atoms with Gasteiger partial charge in [0.15, 0.2) is 0 Å². The van der Waals surface area contributed by atoms with Crippen molar-refractivity contribution in [3.63, 3.8) is 0 Å². The topological polar surface area (TPSA) is 32.8 Å². The average Bonchev–Trinajstić information content (AvgIpc) is 2.98. The van der Waals surface area contributed by atoms with Crippen LogP contribution in [0.3, 0.4) is 0 Å². The van der Waals surface area contributed by atoms with Crippen molar-refractivity contribution < 1.29 is 9.53 Å². The quantitative estimate of drug-likeness (QED) is 0.851. The summed E-state index contributed by atoms with van der Waals surface area (Å²) < 4.78 is 5.97. The molecule has 2 aliphatic heterocycles. The number of ether oxygens (including phenoxy) is 1. The van der Waals surface area contributed by atoms with Crippen LogP contribution in [-0.4, -0.2) is 54.1 Å². The molecule has 4 heteroatoms. The first kappa shape index (κ1) is 14.5. The van der Waals surface area contributed by atoms with Crippen molar-refractivity contribution in [2.75, 3.05) is 26.2 Å². The molecule has 0 radical (unpaired) electrons. The SMILES string of the molecule is CC(=O)N1CCCC1C1CN(Cc2ccccc2)CCO1. The predicted octanol–water partition coefficient (Wildman–Crippen LogP) is 1.90. The van der Waals surface area contributed by atoms with E-state index in [9.17, 15) is 4.79 Å². The number of carbonyl (C=O) groups is 1. The molecule has 2 aliphatic rings. The molecule has 3 rings (SSSR count). The van der Waals surface area contributed by atoms with Crippen molar-refractivity contribution in [2.45, 2.75) is 38.5 Å². The molecule has 4 nitrogen and oxygen atoms in total. The van der Waals surface area contributed by atoms with Crippen molar-refractivity contribution in [3.05, 3.63) is 35.9 Å². The smallest absolute Gasteiger partial charge is 0.219 e. The molecule has 2 fully saturated rings. The van der Waals surface area contributed by atoms with Crippen LogP contribution in [0.25, 0.3) is 0 Å². The first-order chi connectivity index (χ1) is 10.2. The zero-order valence-electron chi connectivity index (χ0n) is 12.7. The Hall–Kier alpha value is -1.39. The lowest BCUT2D eigenvalue weighted by atomic mass is 10.1. The van der Waals surface area contributed by atoms with Crippen LogP contribution in [0.1, 0.15) is 25.3 Å². The van der Waals surface area contributed by atoms with Crippen LogP contribution in [0.15, 0.2) is 30.3 Å². The van der Waals surface area contributed by atoms with Crippen molar-refractivity contribution in [3.8, 4) is 0 Å². The highest BCUT2D eigenvalue weighted by Crippen LogP contribution is 2.25. The maximum Gasteiger partial charge on any atom is 0.219 e. The highest BCUT2D eigenvalue weighted by Gasteiger charge is 2.36. The fraction of sp³-hybridized carbons (Fsp3) is 0.588. The molecule has 0 aliphatic carbocycles. The monoisotopic (exact) mass is 288 g/mol. The number of amides is 1. The van der Waals surface area contributed by atoms with Crippen molar-refractivity contribution in [1.82, 2.24) is 9.80 Å². The minimum absolute atomic E-state index is 0.161. The van der Waals surface area contributed by atoms with Gasteiger partial charge in [0.05, 0.1) is 18.8 Å². The van der Waals surface area contributed by atoms with Crippen molar-refractivity contribution >= 4 is 5.91 Å². The summed E-state index contributed by atoms with van der Waals surface area (Å²) in [4.78, 5) is 16.2. The van der Waals surface area contributed by atoms with E-state index in [1.165, 1.54) is 5.56 Å². The Morgan fingerprint density at radius 3 is 2.86 bits per heavy atom. The predicted molar refractivity (Wildman–Crippen MR) is 81.9 cm³/mol. The van der Waals surface area contributed by atoms with Gasteiger partial charge in [-0.15, -0.1) is 0 Å². The van der Waals surface area contributed by atoms with E-state index in [2.05, 4.69) is 35.2 Å². The third kappa shape index (κ3) is 3.44. The van der Waals surface area contributed by atoms with Gasteiger partial charge in [-0.3, -0.25) is 9.69 Å². The van der Waals surface area contributed by atoms with Crippen LogP contribution >= 0.6 is 0 Å². The number of hydrogen-bond donors (Lipinski definition) is 0. The molecule has 2 atom stereocenters. The van der Waals surface area contributed by atoms with Gasteiger partial charge in [0.1, 0.15) is 0 Å². The molecule has 0 saturated carbocycles. The molecular formula is C17H24N2O2. The first-order valence-corrected chi connectivity index (χ1v) is 7.89. The summed E-state index contributed by atoms with van der Waals surface area (Å²) in [6, 6.07) is 10.8. The lowest BCUT2D eigenvalue weighted by Gasteiger charge is -2.38. The van der Waals surface area contributed by atoms with Gasteiger partial charge < -0.3 is 9.64 Å². The summed E-state index contributed by atoms with van der Waals surface area (Å²) in [6.45, 7) is 6.18.